The summed E-state index contributed by atoms with van der Waals surface area (Å²) in [6.07, 6.45) is 0. The van der Waals surface area contributed by atoms with Gasteiger partial charge in [0.05, 0.1) is 26.2 Å². The second-order valence-electron chi connectivity index (χ2n) is 9.76. The summed E-state index contributed by atoms with van der Waals surface area (Å²) in [5.74, 6) is 1.05. The molecule has 7 heteroatoms. The van der Waals surface area contributed by atoms with Gasteiger partial charge in [0.25, 0.3) is 0 Å². The van der Waals surface area contributed by atoms with Crippen molar-refractivity contribution in [1.29, 1.82) is 0 Å². The molecular formula is C25H30O6Si. The maximum absolute atomic E-state index is 13.0. The van der Waals surface area contributed by atoms with E-state index in [0.717, 1.165) is 11.1 Å². The molecule has 0 aliphatic heterocycles. The highest BCUT2D eigenvalue weighted by Crippen LogP contribution is 2.40. The molecule has 0 atom stereocenters. The third-order valence-electron chi connectivity index (χ3n) is 6.50. The van der Waals surface area contributed by atoms with E-state index in [2.05, 4.69) is 33.9 Å². The third kappa shape index (κ3) is 3.59. The first-order chi connectivity index (χ1) is 15.0. The minimum atomic E-state index is -1.94. The number of rotatable bonds is 5. The van der Waals surface area contributed by atoms with Gasteiger partial charge in [-0.25, -0.2) is 4.79 Å². The van der Waals surface area contributed by atoms with Gasteiger partial charge in [0.1, 0.15) is 5.39 Å². The highest BCUT2D eigenvalue weighted by molar-refractivity contribution is 6.74. The third-order valence-corrected chi connectivity index (χ3v) is 11.0. The number of benzene rings is 2. The number of hydrogen-bond donors (Lipinski definition) is 0. The lowest BCUT2D eigenvalue weighted by molar-refractivity contribution is 0.276. The Balaban J connectivity index is 1.97. The molecule has 4 aromatic rings. The molecule has 2 aromatic carbocycles. The van der Waals surface area contributed by atoms with Crippen molar-refractivity contribution in [3.8, 4) is 11.5 Å². The van der Waals surface area contributed by atoms with E-state index in [4.69, 9.17) is 22.7 Å². The fourth-order valence-corrected chi connectivity index (χ4v) is 4.60. The molecular weight excluding hydrogens is 424 g/mol. The van der Waals surface area contributed by atoms with Crippen LogP contribution >= 0.6 is 0 Å². The van der Waals surface area contributed by atoms with E-state index in [1.165, 1.54) is 0 Å². The van der Waals surface area contributed by atoms with Crippen LogP contribution in [0.5, 0.6) is 11.5 Å². The zero-order valence-corrected chi connectivity index (χ0v) is 21.0. The average Bonchev–Trinajstić information content (AvgIpc) is 3.11. The molecule has 0 fully saturated rings. The summed E-state index contributed by atoms with van der Waals surface area (Å²) in [6, 6.07) is 7.61. The topological polar surface area (TPSA) is 71.0 Å². The van der Waals surface area contributed by atoms with Gasteiger partial charge in [-0.05, 0) is 60.4 Å². The lowest BCUT2D eigenvalue weighted by Gasteiger charge is -2.36. The van der Waals surface area contributed by atoms with Crippen molar-refractivity contribution in [2.45, 2.75) is 52.4 Å². The molecule has 0 spiro atoms. The Morgan fingerprint density at radius 1 is 0.875 bits per heavy atom. The van der Waals surface area contributed by atoms with Crippen LogP contribution in [0, 0.1) is 6.92 Å². The van der Waals surface area contributed by atoms with Gasteiger partial charge < -0.3 is 22.7 Å². The van der Waals surface area contributed by atoms with Gasteiger partial charge in [-0.3, -0.25) is 0 Å². The van der Waals surface area contributed by atoms with Crippen LogP contribution in [-0.4, -0.2) is 22.5 Å². The van der Waals surface area contributed by atoms with Gasteiger partial charge >= 0.3 is 5.63 Å². The van der Waals surface area contributed by atoms with Gasteiger partial charge in [-0.15, -0.1) is 0 Å². The summed E-state index contributed by atoms with van der Waals surface area (Å²) in [7, 11) is 1.20. The number of methoxy groups -OCH3 is 2. The molecule has 170 valence electrons. The van der Waals surface area contributed by atoms with E-state index in [1.54, 1.807) is 14.2 Å². The van der Waals surface area contributed by atoms with Crippen LogP contribution in [0.25, 0.3) is 32.9 Å². The molecule has 0 bridgehead atoms. The Morgan fingerprint density at radius 3 is 2.12 bits per heavy atom. The fraction of sp³-hybridized carbons (Fsp3) is 0.400. The zero-order chi connectivity index (χ0) is 23.4. The molecule has 4 rings (SSSR count). The van der Waals surface area contributed by atoms with E-state index in [1.807, 2.05) is 31.2 Å². The van der Waals surface area contributed by atoms with Crippen LogP contribution in [0.4, 0.5) is 0 Å². The smallest absolute Gasteiger partial charge is 0.348 e. The summed E-state index contributed by atoms with van der Waals surface area (Å²) in [5, 5.41) is 1.85. The Bertz CT molecular complexity index is 1390. The molecule has 6 nitrogen and oxygen atoms in total. The van der Waals surface area contributed by atoms with Crippen LogP contribution < -0.4 is 15.1 Å². The van der Waals surface area contributed by atoms with Crippen molar-refractivity contribution in [1.82, 2.24) is 0 Å². The lowest BCUT2D eigenvalue weighted by Crippen LogP contribution is -2.40. The maximum atomic E-state index is 13.0. The first kappa shape index (κ1) is 22.4. The Hall–Kier alpha value is -2.77. The minimum absolute atomic E-state index is 0.0984. The first-order valence-electron chi connectivity index (χ1n) is 10.7. The van der Waals surface area contributed by atoms with Crippen LogP contribution in [-0.2, 0) is 11.0 Å². The highest BCUT2D eigenvalue weighted by atomic mass is 28.4. The predicted molar refractivity (Wildman–Crippen MR) is 130 cm³/mol. The molecule has 32 heavy (non-hydrogen) atoms. The SMILES string of the molecule is COc1cc(CO[Si](C)(C)C(C)(C)C)cc2c1oc(=O)c1c3cc(C)cc(OC)c3oc21. The summed E-state index contributed by atoms with van der Waals surface area (Å²) >= 11 is 0. The van der Waals surface area contributed by atoms with Crippen LogP contribution in [0.2, 0.25) is 18.1 Å². The van der Waals surface area contributed by atoms with E-state index in [-0.39, 0.29) is 5.04 Å². The van der Waals surface area contributed by atoms with Gasteiger partial charge in [-0.2, -0.15) is 0 Å². The lowest BCUT2D eigenvalue weighted by atomic mass is 10.1. The molecule has 2 aromatic heterocycles. The Kier molecular flexibility index (Phi) is 5.38. The van der Waals surface area contributed by atoms with Gasteiger partial charge in [0, 0.05) is 5.39 Å². The maximum Gasteiger partial charge on any atom is 0.348 e. The molecule has 0 saturated carbocycles. The summed E-state index contributed by atoms with van der Waals surface area (Å²) in [4.78, 5) is 13.0. The number of furan rings is 1. The minimum Gasteiger partial charge on any atom is -0.493 e. The molecule has 0 unspecified atom stereocenters. The second kappa shape index (κ2) is 7.67. The molecule has 0 radical (unpaired) electrons. The standard InChI is InChI=1S/C25H30O6Si/c1-14-9-16-20-23(30-21(16)18(10-14)27-5)17-11-15(13-29-32(7,8)25(2,3)4)12-19(28-6)22(17)31-24(20)26/h9-12H,13H2,1-8H3. The zero-order valence-electron chi connectivity index (χ0n) is 20.0. The van der Waals surface area contributed by atoms with Crippen molar-refractivity contribution >= 4 is 41.2 Å². The number of fused-ring (bicyclic) bond motifs is 5. The van der Waals surface area contributed by atoms with Gasteiger partial charge in [0.2, 0.25) is 0 Å². The quantitative estimate of drug-likeness (QED) is 0.252. The van der Waals surface area contributed by atoms with Crippen LogP contribution in [0.15, 0.2) is 37.9 Å². The predicted octanol–water partition coefficient (Wildman–Crippen LogP) is 6.54. The number of hydrogen-bond acceptors (Lipinski definition) is 6. The molecule has 0 aliphatic rings. The molecule has 0 saturated heterocycles. The Morgan fingerprint density at radius 2 is 1.50 bits per heavy atom. The first-order valence-corrected chi connectivity index (χ1v) is 13.6. The van der Waals surface area contributed by atoms with Gasteiger partial charge in [-0.1, -0.05) is 20.8 Å². The van der Waals surface area contributed by atoms with Crippen molar-refractivity contribution in [3.63, 3.8) is 0 Å². The number of aryl methyl sites for hydroxylation is 1. The highest BCUT2D eigenvalue weighted by Gasteiger charge is 2.37. The molecule has 2 heterocycles. The summed E-state index contributed by atoms with van der Waals surface area (Å²) in [6.45, 7) is 13.5. The van der Waals surface area contributed by atoms with Crippen molar-refractivity contribution in [3.05, 3.63) is 45.8 Å². The average molecular weight is 455 g/mol. The van der Waals surface area contributed by atoms with E-state index in [9.17, 15) is 4.79 Å². The van der Waals surface area contributed by atoms with E-state index >= 15 is 0 Å². The number of ether oxygens (including phenoxy) is 2. The molecule has 0 N–H and O–H groups in total. The molecule has 0 amide bonds. The Labute approximate surface area is 188 Å². The monoisotopic (exact) mass is 454 g/mol. The fourth-order valence-electron chi connectivity index (χ4n) is 3.64. The van der Waals surface area contributed by atoms with Crippen molar-refractivity contribution < 1.29 is 22.7 Å². The van der Waals surface area contributed by atoms with Crippen LogP contribution in [0.3, 0.4) is 0 Å². The normalized spacial score (nSPS) is 12.8. The van der Waals surface area contributed by atoms with Crippen molar-refractivity contribution in [2.24, 2.45) is 0 Å². The van der Waals surface area contributed by atoms with Gasteiger partial charge in [0.15, 0.2) is 36.6 Å². The summed E-state index contributed by atoms with van der Waals surface area (Å²) < 4.78 is 29.4. The van der Waals surface area contributed by atoms with Crippen molar-refractivity contribution in [2.75, 3.05) is 14.2 Å². The van der Waals surface area contributed by atoms with Crippen LogP contribution in [0.1, 0.15) is 31.9 Å². The van der Waals surface area contributed by atoms with E-state index in [0.29, 0.717) is 51.0 Å². The van der Waals surface area contributed by atoms with E-state index < -0.39 is 13.9 Å². The largest absolute Gasteiger partial charge is 0.493 e. The second-order valence-corrected chi connectivity index (χ2v) is 14.6. The molecule has 0 aliphatic carbocycles. The summed E-state index contributed by atoms with van der Waals surface area (Å²) in [5.41, 5.74) is 2.76.